The lowest BCUT2D eigenvalue weighted by atomic mass is 10.2. The van der Waals surface area contributed by atoms with Crippen molar-refractivity contribution >= 4 is 22.5 Å². The molecule has 0 bridgehead atoms. The van der Waals surface area contributed by atoms with E-state index in [2.05, 4.69) is 15.5 Å². The molecule has 170 valence electrons. The minimum absolute atomic E-state index is 0.106. The van der Waals surface area contributed by atoms with Crippen molar-refractivity contribution in [3.8, 4) is 34.4 Å². The molecule has 8 nitrogen and oxygen atoms in total. The summed E-state index contributed by atoms with van der Waals surface area (Å²) in [7, 11) is 3.12. The van der Waals surface area contributed by atoms with Crippen LogP contribution in [0.3, 0.4) is 0 Å². The van der Waals surface area contributed by atoms with Gasteiger partial charge in [0.25, 0.3) is 0 Å². The Labute approximate surface area is 195 Å². The molecular formula is C26H22N4O4. The van der Waals surface area contributed by atoms with Crippen molar-refractivity contribution < 1.29 is 18.7 Å². The van der Waals surface area contributed by atoms with Gasteiger partial charge in [-0.05, 0) is 30.3 Å². The van der Waals surface area contributed by atoms with Crippen molar-refractivity contribution in [3.63, 3.8) is 0 Å². The monoisotopic (exact) mass is 454 g/mol. The Morgan fingerprint density at radius 3 is 2.44 bits per heavy atom. The maximum atomic E-state index is 12.9. The average Bonchev–Trinajstić information content (AvgIpc) is 3.50. The third kappa shape index (κ3) is 4.09. The number of hydrogen-bond acceptors (Lipinski definition) is 6. The predicted molar refractivity (Wildman–Crippen MR) is 129 cm³/mol. The van der Waals surface area contributed by atoms with Gasteiger partial charge in [-0.2, -0.15) is 0 Å². The number of ether oxygens (including phenoxy) is 2. The molecule has 3 aromatic carbocycles. The van der Waals surface area contributed by atoms with Crippen LogP contribution in [0.1, 0.15) is 0 Å². The molecule has 0 aliphatic rings. The first-order valence-electron chi connectivity index (χ1n) is 10.7. The summed E-state index contributed by atoms with van der Waals surface area (Å²) in [5.74, 6) is 1.79. The van der Waals surface area contributed by atoms with Crippen molar-refractivity contribution in [2.45, 2.75) is 6.54 Å². The second-order valence-corrected chi connectivity index (χ2v) is 7.58. The Balaban J connectivity index is 1.42. The molecule has 0 atom stereocenters. The highest BCUT2D eigenvalue weighted by Gasteiger charge is 2.18. The van der Waals surface area contributed by atoms with Gasteiger partial charge in [-0.3, -0.25) is 4.79 Å². The highest BCUT2D eigenvalue weighted by Crippen LogP contribution is 2.32. The summed E-state index contributed by atoms with van der Waals surface area (Å²) in [4.78, 5) is 12.9. The Morgan fingerprint density at radius 2 is 1.65 bits per heavy atom. The van der Waals surface area contributed by atoms with E-state index in [1.807, 2.05) is 65.4 Å². The van der Waals surface area contributed by atoms with E-state index in [4.69, 9.17) is 13.9 Å². The van der Waals surface area contributed by atoms with Crippen LogP contribution in [0.4, 0.5) is 5.69 Å². The van der Waals surface area contributed by atoms with Gasteiger partial charge in [-0.15, -0.1) is 10.2 Å². The van der Waals surface area contributed by atoms with Gasteiger partial charge in [0, 0.05) is 34.4 Å². The van der Waals surface area contributed by atoms with Crippen LogP contribution in [0.15, 0.2) is 83.4 Å². The van der Waals surface area contributed by atoms with E-state index in [0.29, 0.717) is 29.0 Å². The molecule has 0 radical (unpaired) electrons. The van der Waals surface area contributed by atoms with Crippen LogP contribution in [0.25, 0.3) is 33.8 Å². The SMILES string of the molecule is COc1ccc(NC(=O)Cn2cc(-c3nnc(-c4ccccc4)o3)c3ccccc32)cc1OC. The largest absolute Gasteiger partial charge is 0.493 e. The number of aromatic nitrogens is 3. The molecule has 2 heterocycles. The van der Waals surface area contributed by atoms with Gasteiger partial charge in [0.1, 0.15) is 6.54 Å². The van der Waals surface area contributed by atoms with E-state index in [-0.39, 0.29) is 12.5 Å². The molecule has 8 heteroatoms. The average molecular weight is 454 g/mol. The number of carbonyl (C=O) groups excluding carboxylic acids is 1. The second-order valence-electron chi connectivity index (χ2n) is 7.58. The number of amides is 1. The van der Waals surface area contributed by atoms with E-state index in [1.54, 1.807) is 32.4 Å². The minimum Gasteiger partial charge on any atom is -0.493 e. The van der Waals surface area contributed by atoms with Crippen molar-refractivity contribution in [1.82, 2.24) is 14.8 Å². The van der Waals surface area contributed by atoms with Gasteiger partial charge in [0.2, 0.25) is 17.7 Å². The zero-order valence-corrected chi connectivity index (χ0v) is 18.7. The molecule has 5 aromatic rings. The van der Waals surface area contributed by atoms with Gasteiger partial charge in [0.15, 0.2) is 11.5 Å². The highest BCUT2D eigenvalue weighted by atomic mass is 16.5. The van der Waals surface area contributed by atoms with Crippen LogP contribution in [0.2, 0.25) is 0 Å². The Kier molecular flexibility index (Phi) is 5.70. The van der Waals surface area contributed by atoms with Gasteiger partial charge < -0.3 is 23.8 Å². The topological polar surface area (TPSA) is 91.4 Å². The standard InChI is InChI=1S/C26H22N4O4/c1-32-22-13-12-18(14-23(22)33-2)27-24(31)16-30-15-20(19-10-6-7-11-21(19)30)26-29-28-25(34-26)17-8-4-3-5-9-17/h3-15H,16H2,1-2H3,(H,27,31). The summed E-state index contributed by atoms with van der Waals surface area (Å²) < 4.78 is 18.4. The molecule has 0 saturated carbocycles. The van der Waals surface area contributed by atoms with Crippen LogP contribution in [0.5, 0.6) is 11.5 Å². The van der Waals surface area contributed by atoms with Crippen molar-refractivity contribution in [2.75, 3.05) is 19.5 Å². The summed E-state index contributed by atoms with van der Waals surface area (Å²) in [5, 5.41) is 12.3. The van der Waals surface area contributed by atoms with Crippen molar-refractivity contribution in [3.05, 3.63) is 79.0 Å². The summed E-state index contributed by atoms with van der Waals surface area (Å²) in [5.41, 5.74) is 3.12. The normalized spacial score (nSPS) is 10.9. The van der Waals surface area contributed by atoms with Gasteiger partial charge in [0.05, 0.1) is 19.8 Å². The summed E-state index contributed by atoms with van der Waals surface area (Å²) >= 11 is 0. The lowest BCUT2D eigenvalue weighted by Crippen LogP contribution is -2.18. The Bertz CT molecular complexity index is 1460. The first-order chi connectivity index (χ1) is 16.7. The Morgan fingerprint density at radius 1 is 0.912 bits per heavy atom. The number of carbonyl (C=O) groups is 1. The van der Waals surface area contributed by atoms with Crippen LogP contribution < -0.4 is 14.8 Å². The van der Waals surface area contributed by atoms with Crippen LogP contribution in [-0.4, -0.2) is 34.9 Å². The summed E-state index contributed by atoms with van der Waals surface area (Å²) in [6.07, 6.45) is 1.86. The number of methoxy groups -OCH3 is 2. The second kappa shape index (κ2) is 9.11. The van der Waals surface area contributed by atoms with E-state index in [0.717, 1.165) is 22.0 Å². The third-order valence-corrected chi connectivity index (χ3v) is 5.45. The molecule has 0 unspecified atom stereocenters. The molecule has 0 spiro atoms. The third-order valence-electron chi connectivity index (χ3n) is 5.45. The fourth-order valence-corrected chi connectivity index (χ4v) is 3.85. The quantitative estimate of drug-likeness (QED) is 0.372. The number of benzene rings is 3. The van der Waals surface area contributed by atoms with Crippen LogP contribution in [0, 0.1) is 0 Å². The molecule has 2 aromatic heterocycles. The number of nitrogens with one attached hydrogen (secondary N) is 1. The Hall–Kier alpha value is -4.59. The first kappa shape index (κ1) is 21.3. The zero-order chi connectivity index (χ0) is 23.5. The van der Waals surface area contributed by atoms with Gasteiger partial charge >= 0.3 is 0 Å². The number of rotatable bonds is 7. The smallest absolute Gasteiger partial charge is 0.250 e. The molecule has 1 amide bonds. The van der Waals surface area contributed by atoms with E-state index in [9.17, 15) is 4.79 Å². The number of nitrogens with zero attached hydrogens (tertiary/aromatic N) is 3. The van der Waals surface area contributed by atoms with Gasteiger partial charge in [-0.1, -0.05) is 36.4 Å². The maximum Gasteiger partial charge on any atom is 0.250 e. The van der Waals surface area contributed by atoms with E-state index >= 15 is 0 Å². The van der Waals surface area contributed by atoms with Crippen LogP contribution in [-0.2, 0) is 11.3 Å². The highest BCUT2D eigenvalue weighted by molar-refractivity contribution is 5.96. The molecule has 0 aliphatic carbocycles. The summed E-state index contributed by atoms with van der Waals surface area (Å²) in [6.45, 7) is 0.106. The first-order valence-corrected chi connectivity index (χ1v) is 10.7. The van der Waals surface area contributed by atoms with Crippen molar-refractivity contribution in [1.29, 1.82) is 0 Å². The van der Waals surface area contributed by atoms with E-state index in [1.165, 1.54) is 0 Å². The maximum absolute atomic E-state index is 12.9. The molecule has 0 fully saturated rings. The van der Waals surface area contributed by atoms with Crippen molar-refractivity contribution in [2.24, 2.45) is 0 Å². The number of fused-ring (bicyclic) bond motifs is 1. The lowest BCUT2D eigenvalue weighted by molar-refractivity contribution is -0.116. The fraction of sp³-hybridized carbons (Fsp3) is 0.115. The van der Waals surface area contributed by atoms with Gasteiger partial charge in [-0.25, -0.2) is 0 Å². The molecule has 34 heavy (non-hydrogen) atoms. The predicted octanol–water partition coefficient (Wildman–Crippen LogP) is 5.01. The van der Waals surface area contributed by atoms with E-state index < -0.39 is 0 Å². The zero-order valence-electron chi connectivity index (χ0n) is 18.7. The van der Waals surface area contributed by atoms with Crippen LogP contribution >= 0.6 is 0 Å². The molecule has 0 saturated heterocycles. The lowest BCUT2D eigenvalue weighted by Gasteiger charge is -2.11. The number of hydrogen-bond donors (Lipinski definition) is 1. The molecule has 5 rings (SSSR count). The number of para-hydroxylation sites is 1. The fourth-order valence-electron chi connectivity index (χ4n) is 3.85. The number of anilines is 1. The minimum atomic E-state index is -0.185. The molecular weight excluding hydrogens is 432 g/mol. The molecule has 0 aliphatic heterocycles. The summed E-state index contributed by atoms with van der Waals surface area (Å²) in [6, 6.07) is 22.6. The molecule has 1 N–H and O–H groups in total.